The molecule has 2 N–H and O–H groups in total. The van der Waals surface area contributed by atoms with E-state index in [9.17, 15) is 4.79 Å². The van der Waals surface area contributed by atoms with E-state index in [1.165, 1.54) is 5.56 Å². The zero-order chi connectivity index (χ0) is 11.3. The number of anilines is 1. The van der Waals surface area contributed by atoms with Gasteiger partial charge < -0.3 is 10.6 Å². The minimum atomic E-state index is -0.561. The van der Waals surface area contributed by atoms with Crippen molar-refractivity contribution in [2.24, 2.45) is 5.73 Å². The maximum absolute atomic E-state index is 12.2. The lowest BCUT2D eigenvalue weighted by molar-refractivity contribution is -0.120. The van der Waals surface area contributed by atoms with Crippen molar-refractivity contribution in [2.75, 3.05) is 11.4 Å². The van der Waals surface area contributed by atoms with E-state index in [1.54, 1.807) is 0 Å². The van der Waals surface area contributed by atoms with Gasteiger partial charge >= 0.3 is 0 Å². The van der Waals surface area contributed by atoms with Gasteiger partial charge in [0.2, 0.25) is 5.91 Å². The predicted octanol–water partition coefficient (Wildman–Crippen LogP) is 2.25. The molecule has 5 heteroatoms. The summed E-state index contributed by atoms with van der Waals surface area (Å²) in [7, 11) is 0. The van der Waals surface area contributed by atoms with E-state index in [1.807, 2.05) is 17.0 Å². The smallest absolute Gasteiger partial charge is 0.247 e. The zero-order valence-electron chi connectivity index (χ0n) is 9.28. The number of fused-ring (bicyclic) bond motifs is 1. The maximum Gasteiger partial charge on any atom is 0.247 e. The van der Waals surface area contributed by atoms with Crippen LogP contribution < -0.4 is 10.6 Å². The fourth-order valence-corrected chi connectivity index (χ4v) is 2.61. The van der Waals surface area contributed by atoms with Crippen molar-refractivity contribution in [3.05, 3.63) is 28.2 Å². The van der Waals surface area contributed by atoms with E-state index >= 15 is 0 Å². The van der Waals surface area contributed by atoms with Crippen molar-refractivity contribution >= 4 is 39.9 Å². The van der Waals surface area contributed by atoms with E-state index in [0.717, 1.165) is 36.0 Å². The van der Waals surface area contributed by atoms with Gasteiger partial charge in [-0.3, -0.25) is 4.79 Å². The molecule has 1 amide bonds. The molecule has 0 bridgehead atoms. The van der Waals surface area contributed by atoms with E-state index in [4.69, 9.17) is 5.73 Å². The number of carbonyl (C=O) groups is 1. The number of nitrogens with zero attached hydrogens (tertiary/aromatic N) is 1. The first kappa shape index (κ1) is 12.9. The molecule has 17 heavy (non-hydrogen) atoms. The Kier molecular flexibility index (Phi) is 3.23. The Hall–Kier alpha value is -0.580. The van der Waals surface area contributed by atoms with Gasteiger partial charge in [0, 0.05) is 16.7 Å². The van der Waals surface area contributed by atoms with Crippen molar-refractivity contribution in [3.8, 4) is 0 Å². The molecule has 92 valence electrons. The summed E-state index contributed by atoms with van der Waals surface area (Å²) >= 11 is 3.45. The van der Waals surface area contributed by atoms with Crippen LogP contribution in [0.1, 0.15) is 18.4 Å². The number of benzene rings is 1. The summed E-state index contributed by atoms with van der Waals surface area (Å²) in [6.07, 6.45) is 2.58. The molecule has 0 unspecified atom stereocenters. The summed E-state index contributed by atoms with van der Waals surface area (Å²) in [4.78, 5) is 14.0. The highest BCUT2D eigenvalue weighted by molar-refractivity contribution is 9.10. The Labute approximate surface area is 115 Å². The molecule has 1 saturated carbocycles. The average molecular weight is 318 g/mol. The molecule has 0 radical (unpaired) electrons. The summed E-state index contributed by atoms with van der Waals surface area (Å²) in [5.74, 6) is 0.0913. The molecular formula is C12H14BrClN2O. The lowest BCUT2D eigenvalue weighted by Crippen LogP contribution is -2.45. The van der Waals surface area contributed by atoms with Crippen LogP contribution in [0.15, 0.2) is 22.7 Å². The molecule has 1 aromatic rings. The summed E-state index contributed by atoms with van der Waals surface area (Å²) < 4.78 is 1.06. The largest absolute Gasteiger partial charge is 0.317 e. The topological polar surface area (TPSA) is 46.3 Å². The number of amides is 1. The summed E-state index contributed by atoms with van der Waals surface area (Å²) in [5.41, 5.74) is 7.66. The second kappa shape index (κ2) is 4.26. The van der Waals surface area contributed by atoms with E-state index < -0.39 is 5.54 Å². The summed E-state index contributed by atoms with van der Waals surface area (Å²) in [6.45, 7) is 0.767. The van der Waals surface area contributed by atoms with Crippen LogP contribution in [0, 0.1) is 0 Å². The predicted molar refractivity (Wildman–Crippen MR) is 73.6 cm³/mol. The van der Waals surface area contributed by atoms with Crippen LogP contribution in [-0.2, 0) is 11.2 Å². The molecule has 1 aromatic carbocycles. The minimum absolute atomic E-state index is 0. The molecular weight excluding hydrogens is 304 g/mol. The zero-order valence-corrected chi connectivity index (χ0v) is 11.7. The van der Waals surface area contributed by atoms with Gasteiger partial charge in [-0.25, -0.2) is 0 Å². The molecule has 0 spiro atoms. The van der Waals surface area contributed by atoms with Crippen LogP contribution >= 0.6 is 28.3 Å². The first-order chi connectivity index (χ1) is 7.60. The Morgan fingerprint density at radius 1 is 1.41 bits per heavy atom. The molecule has 2 aliphatic rings. The van der Waals surface area contributed by atoms with Gasteiger partial charge in [-0.05, 0) is 43.0 Å². The molecule has 0 aromatic heterocycles. The number of nitrogens with two attached hydrogens (primary N) is 1. The first-order valence-electron chi connectivity index (χ1n) is 5.49. The third-order valence-corrected chi connectivity index (χ3v) is 3.89. The summed E-state index contributed by atoms with van der Waals surface area (Å²) in [6, 6.07) is 6.05. The number of hydrogen-bond acceptors (Lipinski definition) is 2. The van der Waals surface area contributed by atoms with Crippen LogP contribution in [0.25, 0.3) is 0 Å². The van der Waals surface area contributed by atoms with Crippen LogP contribution in [-0.4, -0.2) is 18.0 Å². The fraction of sp³-hybridized carbons (Fsp3) is 0.417. The maximum atomic E-state index is 12.2. The Balaban J connectivity index is 0.00000108. The SMILES string of the molecule is Cl.NC1(C(=O)N2CCc3cc(Br)ccc32)CC1. The third-order valence-electron chi connectivity index (χ3n) is 3.40. The lowest BCUT2D eigenvalue weighted by Gasteiger charge is -2.21. The fourth-order valence-electron chi connectivity index (χ4n) is 2.20. The van der Waals surface area contributed by atoms with Crippen molar-refractivity contribution in [3.63, 3.8) is 0 Å². The van der Waals surface area contributed by atoms with Gasteiger partial charge in [0.25, 0.3) is 0 Å². The van der Waals surface area contributed by atoms with Crippen molar-refractivity contribution < 1.29 is 4.79 Å². The molecule has 1 aliphatic heterocycles. The Morgan fingerprint density at radius 2 is 2.12 bits per heavy atom. The van der Waals surface area contributed by atoms with Crippen molar-refractivity contribution in [1.29, 1.82) is 0 Å². The van der Waals surface area contributed by atoms with Crippen molar-refractivity contribution in [2.45, 2.75) is 24.8 Å². The molecule has 1 heterocycles. The number of halogens is 2. The molecule has 1 fully saturated rings. The molecule has 3 nitrogen and oxygen atoms in total. The van der Waals surface area contributed by atoms with E-state index in [-0.39, 0.29) is 18.3 Å². The van der Waals surface area contributed by atoms with Crippen LogP contribution in [0.4, 0.5) is 5.69 Å². The lowest BCUT2D eigenvalue weighted by atomic mass is 10.2. The highest BCUT2D eigenvalue weighted by Gasteiger charge is 2.49. The first-order valence-corrected chi connectivity index (χ1v) is 6.29. The standard InChI is InChI=1S/C12H13BrN2O.ClH/c13-9-1-2-10-8(7-9)3-6-15(10)11(16)12(14)4-5-12;/h1-2,7H,3-6,14H2;1H. The van der Waals surface area contributed by atoms with Gasteiger partial charge in [0.05, 0.1) is 5.54 Å². The molecule has 0 saturated heterocycles. The normalized spacial score (nSPS) is 19.5. The number of hydrogen-bond donors (Lipinski definition) is 1. The summed E-state index contributed by atoms with van der Waals surface area (Å²) in [5, 5.41) is 0. The van der Waals surface area contributed by atoms with Crippen LogP contribution in [0.5, 0.6) is 0 Å². The Bertz CT molecular complexity index is 474. The quantitative estimate of drug-likeness (QED) is 0.863. The second-order valence-corrected chi connectivity index (χ2v) is 5.55. The minimum Gasteiger partial charge on any atom is -0.317 e. The van der Waals surface area contributed by atoms with E-state index in [0.29, 0.717) is 0 Å². The molecule has 3 rings (SSSR count). The van der Waals surface area contributed by atoms with Gasteiger partial charge in [0.15, 0.2) is 0 Å². The average Bonchev–Trinajstić information content (AvgIpc) is 2.88. The van der Waals surface area contributed by atoms with Crippen LogP contribution in [0.3, 0.4) is 0 Å². The van der Waals surface area contributed by atoms with Gasteiger partial charge in [-0.2, -0.15) is 0 Å². The van der Waals surface area contributed by atoms with Gasteiger partial charge in [-0.15, -0.1) is 12.4 Å². The molecule has 1 aliphatic carbocycles. The number of carbonyl (C=O) groups excluding carboxylic acids is 1. The van der Waals surface area contributed by atoms with E-state index in [2.05, 4.69) is 22.0 Å². The highest BCUT2D eigenvalue weighted by atomic mass is 79.9. The highest BCUT2D eigenvalue weighted by Crippen LogP contribution is 2.38. The third kappa shape index (κ3) is 2.09. The van der Waals surface area contributed by atoms with Gasteiger partial charge in [0.1, 0.15) is 0 Å². The van der Waals surface area contributed by atoms with Crippen LogP contribution in [0.2, 0.25) is 0 Å². The Morgan fingerprint density at radius 3 is 2.76 bits per heavy atom. The second-order valence-electron chi connectivity index (χ2n) is 4.64. The monoisotopic (exact) mass is 316 g/mol. The number of rotatable bonds is 1. The molecule has 0 atom stereocenters. The van der Waals surface area contributed by atoms with Gasteiger partial charge in [-0.1, -0.05) is 15.9 Å². The van der Waals surface area contributed by atoms with Crippen molar-refractivity contribution in [1.82, 2.24) is 0 Å².